The average molecular weight is 418 g/mol. The summed E-state index contributed by atoms with van der Waals surface area (Å²) in [5.41, 5.74) is 2.11. The maximum absolute atomic E-state index is 11.2. The van der Waals surface area contributed by atoms with Crippen molar-refractivity contribution in [2.24, 2.45) is 0 Å². The van der Waals surface area contributed by atoms with Gasteiger partial charge < -0.3 is 18.9 Å². The highest BCUT2D eigenvalue weighted by Gasteiger charge is 2.27. The molecule has 1 amide bonds. The highest BCUT2D eigenvalue weighted by Crippen LogP contribution is 2.32. The van der Waals surface area contributed by atoms with Crippen LogP contribution in [0.1, 0.15) is 25.4 Å². The van der Waals surface area contributed by atoms with Crippen molar-refractivity contribution in [2.75, 3.05) is 6.54 Å². The summed E-state index contributed by atoms with van der Waals surface area (Å²) in [5, 5.41) is 13.7. The Morgan fingerprint density at radius 2 is 2.10 bits per heavy atom. The molecule has 0 bridgehead atoms. The highest BCUT2D eigenvalue weighted by atomic mass is 35.5. The van der Waals surface area contributed by atoms with Crippen molar-refractivity contribution < 1.29 is 19.2 Å². The molecule has 1 aliphatic rings. The van der Waals surface area contributed by atoms with Gasteiger partial charge in [0.05, 0.1) is 17.7 Å². The van der Waals surface area contributed by atoms with Gasteiger partial charge in [0.25, 0.3) is 5.89 Å². The standard InChI is InChI=1S/C19H20ClN5O4/c1-10(2)28-14-5-4-12(8-13(14)20)17-22-18(29-23-17)16-11(3)25-7-6-24(19(26)27)9-15(25)21-16/h4-5,8,10H,6-7,9H2,1-3H3,(H,26,27). The number of hydrogen-bond donors (Lipinski definition) is 1. The van der Waals surface area contributed by atoms with E-state index in [9.17, 15) is 9.90 Å². The molecule has 0 spiro atoms. The summed E-state index contributed by atoms with van der Waals surface area (Å²) in [6, 6.07) is 5.31. The number of carbonyl (C=O) groups is 1. The monoisotopic (exact) mass is 417 g/mol. The molecule has 0 saturated carbocycles. The molecule has 1 aliphatic heterocycles. The van der Waals surface area contributed by atoms with Crippen LogP contribution in [-0.2, 0) is 13.1 Å². The van der Waals surface area contributed by atoms with E-state index in [1.54, 1.807) is 12.1 Å². The quantitative estimate of drug-likeness (QED) is 0.687. The summed E-state index contributed by atoms with van der Waals surface area (Å²) < 4.78 is 13.1. The van der Waals surface area contributed by atoms with Crippen LogP contribution in [0, 0.1) is 6.92 Å². The molecule has 2 aromatic heterocycles. The Morgan fingerprint density at radius 3 is 2.79 bits per heavy atom. The Hall–Kier alpha value is -3.07. The van der Waals surface area contributed by atoms with Crippen LogP contribution in [0.2, 0.25) is 5.02 Å². The van der Waals surface area contributed by atoms with Crippen molar-refractivity contribution in [3.63, 3.8) is 0 Å². The molecular formula is C19H20ClN5O4. The van der Waals surface area contributed by atoms with E-state index in [0.717, 1.165) is 5.69 Å². The fraction of sp³-hybridized carbons (Fsp3) is 0.368. The molecule has 3 heterocycles. The molecule has 1 N–H and O–H groups in total. The number of hydrogen-bond acceptors (Lipinski definition) is 6. The van der Waals surface area contributed by atoms with Crippen molar-refractivity contribution in [3.05, 3.63) is 34.7 Å². The molecule has 1 aromatic carbocycles. The number of imidazole rings is 1. The molecule has 0 atom stereocenters. The summed E-state index contributed by atoms with van der Waals surface area (Å²) in [4.78, 5) is 21.5. The fourth-order valence-electron chi connectivity index (χ4n) is 3.27. The van der Waals surface area contributed by atoms with Gasteiger partial charge in [-0.25, -0.2) is 9.78 Å². The summed E-state index contributed by atoms with van der Waals surface area (Å²) in [7, 11) is 0. The third kappa shape index (κ3) is 3.65. The molecule has 0 saturated heterocycles. The lowest BCUT2D eigenvalue weighted by atomic mass is 10.2. The van der Waals surface area contributed by atoms with E-state index in [4.69, 9.17) is 20.9 Å². The topological polar surface area (TPSA) is 107 Å². The first-order valence-electron chi connectivity index (χ1n) is 9.18. The maximum atomic E-state index is 11.2. The molecule has 29 heavy (non-hydrogen) atoms. The second-order valence-electron chi connectivity index (χ2n) is 7.05. The van der Waals surface area contributed by atoms with Gasteiger partial charge >= 0.3 is 6.09 Å². The molecule has 0 radical (unpaired) electrons. The first kappa shape index (κ1) is 19.3. The van der Waals surface area contributed by atoms with Crippen LogP contribution in [0.3, 0.4) is 0 Å². The maximum Gasteiger partial charge on any atom is 0.407 e. The molecule has 3 aromatic rings. The van der Waals surface area contributed by atoms with Crippen molar-refractivity contribution in [1.82, 2.24) is 24.6 Å². The predicted octanol–water partition coefficient (Wildman–Crippen LogP) is 3.84. The van der Waals surface area contributed by atoms with Crippen LogP contribution in [0.4, 0.5) is 4.79 Å². The Kier molecular flexibility index (Phi) is 4.91. The smallest absolute Gasteiger partial charge is 0.407 e. The van der Waals surface area contributed by atoms with Gasteiger partial charge in [0.1, 0.15) is 17.3 Å². The zero-order chi connectivity index (χ0) is 20.7. The Labute approximate surface area is 171 Å². The van der Waals surface area contributed by atoms with Gasteiger partial charge in [-0.05, 0) is 39.0 Å². The first-order valence-corrected chi connectivity index (χ1v) is 9.56. The second kappa shape index (κ2) is 7.40. The number of carboxylic acid groups (broad SMARTS) is 1. The molecule has 4 rings (SSSR count). The normalized spacial score (nSPS) is 13.6. The number of ether oxygens (including phenoxy) is 1. The van der Waals surface area contributed by atoms with Crippen LogP contribution in [0.15, 0.2) is 22.7 Å². The lowest BCUT2D eigenvalue weighted by Crippen LogP contribution is -2.37. The SMILES string of the molecule is Cc1c(-c2nc(-c3ccc(OC(C)C)c(Cl)c3)no2)nc2n1CCN(C(=O)O)C2. The van der Waals surface area contributed by atoms with Crippen molar-refractivity contribution in [1.29, 1.82) is 0 Å². The highest BCUT2D eigenvalue weighted by molar-refractivity contribution is 6.32. The zero-order valence-electron chi connectivity index (χ0n) is 16.2. The Bertz CT molecular complexity index is 1070. The lowest BCUT2D eigenvalue weighted by Gasteiger charge is -2.25. The zero-order valence-corrected chi connectivity index (χ0v) is 17.0. The summed E-state index contributed by atoms with van der Waals surface area (Å²) in [6.45, 7) is 6.94. The van der Waals surface area contributed by atoms with Crippen molar-refractivity contribution in [3.8, 4) is 28.7 Å². The van der Waals surface area contributed by atoms with Gasteiger partial charge in [-0.15, -0.1) is 0 Å². The van der Waals surface area contributed by atoms with E-state index in [1.807, 2.05) is 31.4 Å². The molecule has 0 fully saturated rings. The molecular weight excluding hydrogens is 398 g/mol. The van der Waals surface area contributed by atoms with E-state index in [0.29, 0.717) is 46.8 Å². The molecule has 9 nitrogen and oxygen atoms in total. The third-order valence-electron chi connectivity index (χ3n) is 4.68. The third-order valence-corrected chi connectivity index (χ3v) is 4.97. The van der Waals surface area contributed by atoms with E-state index in [2.05, 4.69) is 15.1 Å². The van der Waals surface area contributed by atoms with Gasteiger partial charge in [-0.1, -0.05) is 16.8 Å². The summed E-state index contributed by atoms with van der Waals surface area (Å²) in [5.74, 6) is 1.91. The molecule has 152 valence electrons. The number of halogens is 1. The first-order chi connectivity index (χ1) is 13.8. The van der Waals surface area contributed by atoms with Gasteiger partial charge in [0.15, 0.2) is 0 Å². The number of benzene rings is 1. The van der Waals surface area contributed by atoms with E-state index in [1.165, 1.54) is 4.90 Å². The van der Waals surface area contributed by atoms with Gasteiger partial charge in [0, 0.05) is 24.3 Å². The van der Waals surface area contributed by atoms with E-state index < -0.39 is 6.09 Å². The number of fused-ring (bicyclic) bond motifs is 1. The van der Waals surface area contributed by atoms with Crippen LogP contribution in [-0.4, -0.2) is 48.4 Å². The van der Waals surface area contributed by atoms with Crippen LogP contribution < -0.4 is 4.74 Å². The van der Waals surface area contributed by atoms with Gasteiger partial charge in [0.2, 0.25) is 5.82 Å². The van der Waals surface area contributed by atoms with Crippen LogP contribution in [0.5, 0.6) is 5.75 Å². The lowest BCUT2D eigenvalue weighted by molar-refractivity contribution is 0.131. The Balaban J connectivity index is 1.62. The van der Waals surface area contributed by atoms with Crippen molar-refractivity contribution in [2.45, 2.75) is 40.0 Å². The number of amides is 1. The van der Waals surface area contributed by atoms with Crippen LogP contribution in [0.25, 0.3) is 23.0 Å². The number of nitrogens with zero attached hydrogens (tertiary/aromatic N) is 5. The Morgan fingerprint density at radius 1 is 1.31 bits per heavy atom. The number of aromatic nitrogens is 4. The summed E-state index contributed by atoms with van der Waals surface area (Å²) in [6.07, 6.45) is -0.942. The van der Waals surface area contributed by atoms with Crippen molar-refractivity contribution >= 4 is 17.7 Å². The molecule has 10 heteroatoms. The minimum atomic E-state index is -0.958. The average Bonchev–Trinajstić information content (AvgIpc) is 3.28. The molecule has 0 unspecified atom stereocenters. The van der Waals surface area contributed by atoms with Gasteiger partial charge in [-0.3, -0.25) is 4.90 Å². The minimum Gasteiger partial charge on any atom is -0.489 e. The largest absolute Gasteiger partial charge is 0.489 e. The minimum absolute atomic E-state index is 0.0158. The van der Waals surface area contributed by atoms with Gasteiger partial charge in [-0.2, -0.15) is 4.98 Å². The summed E-state index contributed by atoms with van der Waals surface area (Å²) >= 11 is 6.30. The molecule has 0 aliphatic carbocycles. The predicted molar refractivity (Wildman–Crippen MR) is 105 cm³/mol. The van der Waals surface area contributed by atoms with E-state index >= 15 is 0 Å². The van der Waals surface area contributed by atoms with Crippen LogP contribution >= 0.6 is 11.6 Å². The number of rotatable bonds is 4. The van der Waals surface area contributed by atoms with E-state index in [-0.39, 0.29) is 18.5 Å². The fourth-order valence-corrected chi connectivity index (χ4v) is 3.50. The second-order valence-corrected chi connectivity index (χ2v) is 7.46.